The number of amides is 2. The number of carbonyl (C=O) groups excluding carboxylic acids is 1. The Morgan fingerprint density at radius 1 is 1.19 bits per heavy atom. The van der Waals surface area contributed by atoms with Crippen molar-refractivity contribution in [2.45, 2.75) is 25.4 Å². The predicted molar refractivity (Wildman–Crippen MR) is 79.4 cm³/mol. The first-order valence-electron chi connectivity index (χ1n) is 7.20. The van der Waals surface area contributed by atoms with E-state index in [1.807, 2.05) is 41.3 Å². The van der Waals surface area contributed by atoms with Gasteiger partial charge in [0.25, 0.3) is 0 Å². The van der Waals surface area contributed by atoms with Crippen LogP contribution < -0.4 is 5.32 Å². The lowest BCUT2D eigenvalue weighted by molar-refractivity contribution is 0.191. The van der Waals surface area contributed by atoms with Gasteiger partial charge in [0.2, 0.25) is 0 Å². The number of likely N-dealkylation sites (tertiary alicyclic amines) is 1. The first kappa shape index (κ1) is 13.5. The molecule has 0 bridgehead atoms. The van der Waals surface area contributed by atoms with Gasteiger partial charge < -0.3 is 10.2 Å². The zero-order chi connectivity index (χ0) is 14.5. The van der Waals surface area contributed by atoms with Crippen molar-refractivity contribution in [1.29, 1.82) is 0 Å². The Kier molecular flexibility index (Phi) is 4.09. The average Bonchev–Trinajstić information content (AvgIpc) is 3.04. The summed E-state index contributed by atoms with van der Waals surface area (Å²) in [6.45, 7) is 1.22. The summed E-state index contributed by atoms with van der Waals surface area (Å²) in [4.78, 5) is 22.8. The average molecular weight is 282 g/mol. The molecular formula is C16H18N4O. The fourth-order valence-corrected chi connectivity index (χ4v) is 2.66. The van der Waals surface area contributed by atoms with Crippen LogP contribution >= 0.6 is 0 Å². The molecule has 0 spiro atoms. The van der Waals surface area contributed by atoms with E-state index >= 15 is 0 Å². The van der Waals surface area contributed by atoms with Gasteiger partial charge in [0, 0.05) is 18.9 Å². The van der Waals surface area contributed by atoms with Gasteiger partial charge in [-0.2, -0.15) is 0 Å². The van der Waals surface area contributed by atoms with Gasteiger partial charge in [-0.05, 0) is 37.1 Å². The number of carbonyl (C=O) groups is 1. The van der Waals surface area contributed by atoms with Crippen molar-refractivity contribution in [3.05, 3.63) is 60.2 Å². The minimum Gasteiger partial charge on any atom is -0.332 e. The van der Waals surface area contributed by atoms with E-state index in [4.69, 9.17) is 0 Å². The summed E-state index contributed by atoms with van der Waals surface area (Å²) < 4.78 is 0. The molecule has 1 atom stereocenters. The molecule has 2 aromatic rings. The molecule has 1 aliphatic rings. The standard InChI is InChI=1S/C16H18N4O/c21-16(19-12-13-6-1-3-9-17-13)20-11-5-8-15(20)14-7-2-4-10-18-14/h1-4,6-7,9-10,15H,5,8,11-12H2,(H,19,21). The SMILES string of the molecule is O=C(NCc1ccccn1)N1CCCC1c1ccccn1. The first-order chi connectivity index (χ1) is 10.3. The van der Waals surface area contributed by atoms with Crippen LogP contribution in [0.25, 0.3) is 0 Å². The third-order valence-electron chi connectivity index (χ3n) is 3.69. The van der Waals surface area contributed by atoms with Gasteiger partial charge in [-0.15, -0.1) is 0 Å². The molecule has 0 saturated carbocycles. The quantitative estimate of drug-likeness (QED) is 0.941. The fourth-order valence-electron chi connectivity index (χ4n) is 2.66. The molecule has 3 rings (SSSR count). The Balaban J connectivity index is 1.64. The predicted octanol–water partition coefficient (Wildman–Crippen LogP) is 2.52. The third kappa shape index (κ3) is 3.18. The van der Waals surface area contributed by atoms with Crippen molar-refractivity contribution in [2.75, 3.05) is 6.54 Å². The van der Waals surface area contributed by atoms with Crippen LogP contribution in [0.3, 0.4) is 0 Å². The van der Waals surface area contributed by atoms with E-state index in [0.29, 0.717) is 6.54 Å². The Hall–Kier alpha value is -2.43. The number of nitrogens with zero attached hydrogens (tertiary/aromatic N) is 3. The second kappa shape index (κ2) is 6.35. The molecule has 108 valence electrons. The van der Waals surface area contributed by atoms with E-state index in [0.717, 1.165) is 30.8 Å². The summed E-state index contributed by atoms with van der Waals surface area (Å²) in [5, 5.41) is 2.94. The van der Waals surface area contributed by atoms with Crippen LogP contribution in [0.1, 0.15) is 30.3 Å². The monoisotopic (exact) mass is 282 g/mol. The smallest absolute Gasteiger partial charge is 0.318 e. The number of urea groups is 1. The van der Waals surface area contributed by atoms with Gasteiger partial charge in [0.15, 0.2) is 0 Å². The Labute approximate surface area is 124 Å². The highest BCUT2D eigenvalue weighted by Crippen LogP contribution is 2.30. The Bertz CT molecular complexity index is 588. The molecule has 0 aliphatic carbocycles. The summed E-state index contributed by atoms with van der Waals surface area (Å²) in [5.41, 5.74) is 1.82. The number of rotatable bonds is 3. The van der Waals surface area contributed by atoms with Crippen LogP contribution in [-0.4, -0.2) is 27.4 Å². The molecule has 5 nitrogen and oxygen atoms in total. The minimum absolute atomic E-state index is 0.0474. The Morgan fingerprint density at radius 3 is 2.71 bits per heavy atom. The van der Waals surface area contributed by atoms with E-state index < -0.39 is 0 Å². The molecule has 2 amide bonds. The molecule has 1 N–H and O–H groups in total. The first-order valence-corrected chi connectivity index (χ1v) is 7.20. The molecule has 0 aromatic carbocycles. The van der Waals surface area contributed by atoms with Crippen LogP contribution in [0.2, 0.25) is 0 Å². The van der Waals surface area contributed by atoms with E-state index in [2.05, 4.69) is 15.3 Å². The summed E-state index contributed by atoms with van der Waals surface area (Å²) in [6, 6.07) is 11.6. The third-order valence-corrected chi connectivity index (χ3v) is 3.69. The minimum atomic E-state index is -0.0474. The number of nitrogens with one attached hydrogen (secondary N) is 1. The zero-order valence-corrected chi connectivity index (χ0v) is 11.8. The molecule has 1 fully saturated rings. The number of hydrogen-bond acceptors (Lipinski definition) is 3. The number of aromatic nitrogens is 2. The van der Waals surface area contributed by atoms with E-state index in [1.54, 1.807) is 12.4 Å². The highest BCUT2D eigenvalue weighted by atomic mass is 16.2. The molecule has 2 aromatic heterocycles. The van der Waals surface area contributed by atoms with Gasteiger partial charge >= 0.3 is 6.03 Å². The maximum Gasteiger partial charge on any atom is 0.318 e. The molecule has 5 heteroatoms. The van der Waals surface area contributed by atoms with E-state index in [-0.39, 0.29) is 12.1 Å². The van der Waals surface area contributed by atoms with E-state index in [1.165, 1.54) is 0 Å². The van der Waals surface area contributed by atoms with Crippen LogP contribution in [0, 0.1) is 0 Å². The topological polar surface area (TPSA) is 58.1 Å². The molecule has 1 unspecified atom stereocenters. The second-order valence-corrected chi connectivity index (χ2v) is 5.09. The molecule has 3 heterocycles. The van der Waals surface area contributed by atoms with Crippen molar-refractivity contribution in [3.63, 3.8) is 0 Å². The maximum atomic E-state index is 12.4. The second-order valence-electron chi connectivity index (χ2n) is 5.09. The lowest BCUT2D eigenvalue weighted by atomic mass is 10.1. The fraction of sp³-hybridized carbons (Fsp3) is 0.312. The van der Waals surface area contributed by atoms with Crippen LogP contribution in [-0.2, 0) is 6.54 Å². The molecule has 1 saturated heterocycles. The summed E-state index contributed by atoms with van der Waals surface area (Å²) in [6.07, 6.45) is 5.48. The molecule has 1 aliphatic heterocycles. The lowest BCUT2D eigenvalue weighted by Gasteiger charge is -2.24. The van der Waals surface area contributed by atoms with E-state index in [9.17, 15) is 4.79 Å². The highest BCUT2D eigenvalue weighted by Gasteiger charge is 2.30. The summed E-state index contributed by atoms with van der Waals surface area (Å²) in [7, 11) is 0. The van der Waals surface area contributed by atoms with Crippen LogP contribution in [0.15, 0.2) is 48.8 Å². The van der Waals surface area contributed by atoms with Gasteiger partial charge in [-0.1, -0.05) is 12.1 Å². The van der Waals surface area contributed by atoms with Gasteiger partial charge in [-0.3, -0.25) is 9.97 Å². The number of hydrogen-bond donors (Lipinski definition) is 1. The summed E-state index contributed by atoms with van der Waals surface area (Å²) >= 11 is 0. The molecular weight excluding hydrogens is 264 g/mol. The van der Waals surface area contributed by atoms with Gasteiger partial charge in [0.05, 0.1) is 24.0 Å². The highest BCUT2D eigenvalue weighted by molar-refractivity contribution is 5.75. The Morgan fingerprint density at radius 2 is 2.00 bits per heavy atom. The van der Waals surface area contributed by atoms with Gasteiger partial charge in [0.1, 0.15) is 0 Å². The molecule has 21 heavy (non-hydrogen) atoms. The number of pyridine rings is 2. The normalized spacial score (nSPS) is 17.7. The largest absolute Gasteiger partial charge is 0.332 e. The van der Waals surface area contributed by atoms with Crippen LogP contribution in [0.5, 0.6) is 0 Å². The van der Waals surface area contributed by atoms with Crippen molar-refractivity contribution in [2.24, 2.45) is 0 Å². The van der Waals surface area contributed by atoms with Crippen molar-refractivity contribution in [1.82, 2.24) is 20.2 Å². The van der Waals surface area contributed by atoms with Crippen molar-refractivity contribution >= 4 is 6.03 Å². The van der Waals surface area contributed by atoms with Crippen molar-refractivity contribution in [3.8, 4) is 0 Å². The van der Waals surface area contributed by atoms with Crippen molar-refractivity contribution < 1.29 is 4.79 Å². The van der Waals surface area contributed by atoms with Crippen LogP contribution in [0.4, 0.5) is 4.79 Å². The summed E-state index contributed by atoms with van der Waals surface area (Å²) in [5.74, 6) is 0. The zero-order valence-electron chi connectivity index (χ0n) is 11.8. The van der Waals surface area contributed by atoms with Gasteiger partial charge in [-0.25, -0.2) is 4.79 Å². The lowest BCUT2D eigenvalue weighted by Crippen LogP contribution is -2.39. The maximum absolute atomic E-state index is 12.4. The molecule has 0 radical (unpaired) electrons.